The normalized spacial score (nSPS) is 11.0. The second-order valence-electron chi connectivity index (χ2n) is 4.86. The highest BCUT2D eigenvalue weighted by atomic mass is 32.1. The van der Waals surface area contributed by atoms with Crippen LogP contribution in [-0.2, 0) is 4.79 Å². The number of nitrogens with zero attached hydrogens (tertiary/aromatic N) is 1. The molecule has 4 nitrogen and oxygen atoms in total. The summed E-state index contributed by atoms with van der Waals surface area (Å²) in [5, 5.41) is 7.76. The molecule has 21 heavy (non-hydrogen) atoms. The van der Waals surface area contributed by atoms with Crippen molar-refractivity contribution in [3.8, 4) is 5.75 Å². The third kappa shape index (κ3) is 5.04. The van der Waals surface area contributed by atoms with Crippen molar-refractivity contribution in [2.45, 2.75) is 19.8 Å². The smallest absolute Gasteiger partial charge is 0.277 e. The Bertz CT molecular complexity index is 589. The van der Waals surface area contributed by atoms with Crippen LogP contribution in [0.25, 0.3) is 0 Å². The first-order valence-corrected chi connectivity index (χ1v) is 7.66. The molecule has 2 aromatic rings. The van der Waals surface area contributed by atoms with Crippen LogP contribution in [0.15, 0.2) is 46.2 Å². The van der Waals surface area contributed by atoms with Crippen LogP contribution < -0.4 is 10.2 Å². The Morgan fingerprint density at radius 1 is 1.33 bits per heavy atom. The Balaban J connectivity index is 1.76. The lowest BCUT2D eigenvalue weighted by molar-refractivity contribution is -0.123. The minimum atomic E-state index is -0.283. The minimum absolute atomic E-state index is 0.0536. The summed E-state index contributed by atoms with van der Waals surface area (Å²) in [5.74, 6) is 0.875. The molecule has 0 aliphatic heterocycles. The molecule has 0 atom stereocenters. The Morgan fingerprint density at radius 2 is 2.10 bits per heavy atom. The van der Waals surface area contributed by atoms with Gasteiger partial charge in [0.05, 0.1) is 6.21 Å². The third-order valence-electron chi connectivity index (χ3n) is 2.86. The fourth-order valence-electron chi connectivity index (χ4n) is 1.66. The van der Waals surface area contributed by atoms with Gasteiger partial charge < -0.3 is 4.74 Å². The van der Waals surface area contributed by atoms with Crippen LogP contribution in [0, 0.1) is 0 Å². The standard InChI is InChI=1S/C16H18N2O2S/c1-12(2)14-3-5-15(6-4-14)20-10-16(19)18-17-9-13-7-8-21-11-13/h3-9,11-12H,10H2,1-2H3,(H,18,19)/b17-9+. The number of rotatable bonds is 6. The second kappa shape index (κ2) is 7.59. The van der Waals surface area contributed by atoms with E-state index in [9.17, 15) is 4.79 Å². The number of ether oxygens (including phenoxy) is 1. The SMILES string of the molecule is CC(C)c1ccc(OCC(=O)N/N=C/c2ccsc2)cc1. The van der Waals surface area contributed by atoms with Gasteiger partial charge in [-0.15, -0.1) is 0 Å². The second-order valence-corrected chi connectivity index (χ2v) is 5.64. The Labute approximate surface area is 128 Å². The molecule has 5 heteroatoms. The minimum Gasteiger partial charge on any atom is -0.484 e. The molecule has 0 radical (unpaired) electrons. The summed E-state index contributed by atoms with van der Waals surface area (Å²) in [6.07, 6.45) is 1.60. The first-order valence-electron chi connectivity index (χ1n) is 6.72. The van der Waals surface area contributed by atoms with Gasteiger partial charge in [-0.3, -0.25) is 4.79 Å². The average Bonchev–Trinajstić information content (AvgIpc) is 2.99. The number of amides is 1. The van der Waals surface area contributed by atoms with E-state index in [1.165, 1.54) is 5.56 Å². The molecular weight excluding hydrogens is 284 g/mol. The number of benzene rings is 1. The first kappa shape index (κ1) is 15.3. The molecule has 1 aromatic carbocycles. The largest absolute Gasteiger partial charge is 0.484 e. The van der Waals surface area contributed by atoms with E-state index in [0.29, 0.717) is 11.7 Å². The highest BCUT2D eigenvalue weighted by Crippen LogP contribution is 2.18. The number of carbonyl (C=O) groups is 1. The average molecular weight is 302 g/mol. The summed E-state index contributed by atoms with van der Waals surface area (Å²) in [6, 6.07) is 9.68. The van der Waals surface area contributed by atoms with Gasteiger partial charge in [0, 0.05) is 5.56 Å². The maximum absolute atomic E-state index is 11.6. The third-order valence-corrected chi connectivity index (χ3v) is 3.56. The summed E-state index contributed by atoms with van der Waals surface area (Å²) >= 11 is 1.58. The van der Waals surface area contributed by atoms with Crippen LogP contribution in [0.5, 0.6) is 5.75 Å². The van der Waals surface area contributed by atoms with E-state index in [-0.39, 0.29) is 12.5 Å². The van der Waals surface area contributed by atoms with Crippen molar-refractivity contribution in [3.63, 3.8) is 0 Å². The summed E-state index contributed by atoms with van der Waals surface area (Å²) in [7, 11) is 0. The summed E-state index contributed by atoms with van der Waals surface area (Å²) in [5.41, 5.74) is 4.64. The Kier molecular flexibility index (Phi) is 5.51. The highest BCUT2D eigenvalue weighted by molar-refractivity contribution is 7.08. The first-order chi connectivity index (χ1) is 10.1. The number of thiophene rings is 1. The molecule has 2 rings (SSSR count). The van der Waals surface area contributed by atoms with Gasteiger partial charge in [-0.1, -0.05) is 26.0 Å². The van der Waals surface area contributed by atoms with Crippen molar-refractivity contribution in [2.75, 3.05) is 6.61 Å². The molecule has 0 aliphatic carbocycles. The van der Waals surface area contributed by atoms with Crippen molar-refractivity contribution in [1.82, 2.24) is 5.43 Å². The van der Waals surface area contributed by atoms with Gasteiger partial charge >= 0.3 is 0 Å². The van der Waals surface area contributed by atoms with Crippen LogP contribution in [0.4, 0.5) is 0 Å². The maximum atomic E-state index is 11.6. The molecule has 1 aromatic heterocycles. The van der Waals surface area contributed by atoms with Crippen molar-refractivity contribution in [3.05, 3.63) is 52.2 Å². The Hall–Kier alpha value is -2.14. The summed E-state index contributed by atoms with van der Waals surface area (Å²) < 4.78 is 5.41. The van der Waals surface area contributed by atoms with Gasteiger partial charge in [0.15, 0.2) is 6.61 Å². The molecule has 0 fully saturated rings. The van der Waals surface area contributed by atoms with Crippen LogP contribution >= 0.6 is 11.3 Å². The molecule has 0 spiro atoms. The van der Waals surface area contributed by atoms with Gasteiger partial charge in [-0.2, -0.15) is 16.4 Å². The molecule has 0 saturated heterocycles. The molecule has 1 heterocycles. The van der Waals surface area contributed by atoms with Gasteiger partial charge in [-0.05, 0) is 40.4 Å². The molecule has 0 unspecified atom stereocenters. The Morgan fingerprint density at radius 3 is 2.71 bits per heavy atom. The molecule has 0 aliphatic rings. The van der Waals surface area contributed by atoms with Crippen LogP contribution in [-0.4, -0.2) is 18.7 Å². The van der Waals surface area contributed by atoms with Gasteiger partial charge in [-0.25, -0.2) is 5.43 Å². The van der Waals surface area contributed by atoms with Gasteiger partial charge in [0.2, 0.25) is 0 Å². The molecule has 0 bridgehead atoms. The van der Waals surface area contributed by atoms with E-state index in [0.717, 1.165) is 5.56 Å². The lowest BCUT2D eigenvalue weighted by atomic mass is 10.0. The highest BCUT2D eigenvalue weighted by Gasteiger charge is 2.03. The zero-order valence-electron chi connectivity index (χ0n) is 12.1. The number of carbonyl (C=O) groups excluding carboxylic acids is 1. The van der Waals surface area contributed by atoms with Crippen LogP contribution in [0.1, 0.15) is 30.9 Å². The van der Waals surface area contributed by atoms with E-state index in [4.69, 9.17) is 4.74 Å². The van der Waals surface area contributed by atoms with E-state index < -0.39 is 0 Å². The van der Waals surface area contributed by atoms with E-state index in [1.54, 1.807) is 17.6 Å². The van der Waals surface area contributed by atoms with Crippen molar-refractivity contribution in [2.24, 2.45) is 5.10 Å². The molecule has 110 valence electrons. The molecular formula is C16H18N2O2S. The summed E-state index contributed by atoms with van der Waals surface area (Å²) in [4.78, 5) is 11.6. The summed E-state index contributed by atoms with van der Waals surface area (Å²) in [6.45, 7) is 4.21. The van der Waals surface area contributed by atoms with Crippen LogP contribution in [0.3, 0.4) is 0 Å². The van der Waals surface area contributed by atoms with Crippen LogP contribution in [0.2, 0.25) is 0 Å². The van der Waals surface area contributed by atoms with Gasteiger partial charge in [0.1, 0.15) is 5.75 Å². The van der Waals surface area contributed by atoms with Crippen molar-refractivity contribution in [1.29, 1.82) is 0 Å². The lowest BCUT2D eigenvalue weighted by Gasteiger charge is -2.08. The van der Waals surface area contributed by atoms with Crippen molar-refractivity contribution < 1.29 is 9.53 Å². The van der Waals surface area contributed by atoms with Gasteiger partial charge in [0.25, 0.3) is 5.91 Å². The lowest BCUT2D eigenvalue weighted by Crippen LogP contribution is -2.24. The predicted molar refractivity (Wildman–Crippen MR) is 86.1 cm³/mol. The van der Waals surface area contributed by atoms with E-state index >= 15 is 0 Å². The zero-order valence-corrected chi connectivity index (χ0v) is 12.9. The van der Waals surface area contributed by atoms with E-state index in [2.05, 4.69) is 24.4 Å². The quantitative estimate of drug-likeness (QED) is 0.657. The molecule has 1 N–H and O–H groups in total. The topological polar surface area (TPSA) is 50.7 Å². The molecule has 1 amide bonds. The monoisotopic (exact) mass is 302 g/mol. The predicted octanol–water partition coefficient (Wildman–Crippen LogP) is 3.40. The molecule has 0 saturated carbocycles. The zero-order chi connectivity index (χ0) is 15.1. The number of nitrogens with one attached hydrogen (secondary N) is 1. The van der Waals surface area contributed by atoms with Crippen molar-refractivity contribution >= 4 is 23.5 Å². The van der Waals surface area contributed by atoms with E-state index in [1.807, 2.05) is 41.1 Å². The number of hydrogen-bond donors (Lipinski definition) is 1. The fourth-order valence-corrected chi connectivity index (χ4v) is 2.27. The number of hydrazone groups is 1. The number of hydrogen-bond acceptors (Lipinski definition) is 4. The maximum Gasteiger partial charge on any atom is 0.277 e. The fraction of sp³-hybridized carbons (Fsp3) is 0.250.